The number of carbonyl (C=O) groups excluding carboxylic acids is 2. The van der Waals surface area contributed by atoms with Crippen LogP contribution in [0.1, 0.15) is 63.4 Å². The Morgan fingerprint density at radius 3 is 2.47 bits per heavy atom. The van der Waals surface area contributed by atoms with Crippen molar-refractivity contribution >= 4 is 40.4 Å². The summed E-state index contributed by atoms with van der Waals surface area (Å²) in [6.07, 6.45) is 3.69. The van der Waals surface area contributed by atoms with Gasteiger partial charge in [-0.3, -0.25) is 9.59 Å². The number of rotatable bonds is 3. The van der Waals surface area contributed by atoms with Gasteiger partial charge in [0.2, 0.25) is 0 Å². The van der Waals surface area contributed by atoms with Crippen molar-refractivity contribution in [2.24, 2.45) is 5.92 Å². The van der Waals surface area contributed by atoms with Gasteiger partial charge in [-0.1, -0.05) is 29.8 Å². The van der Waals surface area contributed by atoms with Gasteiger partial charge >= 0.3 is 0 Å². The van der Waals surface area contributed by atoms with Crippen LogP contribution in [0.5, 0.6) is 0 Å². The van der Waals surface area contributed by atoms with Gasteiger partial charge in [-0.15, -0.1) is 0 Å². The molecule has 1 aliphatic carbocycles. The zero-order chi connectivity index (χ0) is 22.2. The van der Waals surface area contributed by atoms with Crippen LogP contribution in [-0.2, 0) is 0 Å². The van der Waals surface area contributed by atoms with E-state index in [1.807, 2.05) is 42.5 Å². The first-order valence-corrected chi connectivity index (χ1v) is 11.5. The summed E-state index contributed by atoms with van der Waals surface area (Å²) < 4.78 is 0. The van der Waals surface area contributed by atoms with E-state index in [1.54, 1.807) is 6.07 Å². The molecular formula is C27H25ClN2O2. The second-order valence-electron chi connectivity index (χ2n) is 8.80. The third-order valence-corrected chi connectivity index (χ3v) is 7.01. The highest BCUT2D eigenvalue weighted by molar-refractivity contribution is 6.30. The highest BCUT2D eigenvalue weighted by Crippen LogP contribution is 2.40. The number of Topliss-reactive ketones (excluding diaryl/α,β-unsaturated/α-hetero) is 1. The summed E-state index contributed by atoms with van der Waals surface area (Å²) in [5, 5.41) is 7.03. The number of fused-ring (bicyclic) bond motifs is 2. The number of ketones is 1. The lowest BCUT2D eigenvalue weighted by Gasteiger charge is -2.29. The number of hydrogen-bond donors (Lipinski definition) is 2. The minimum absolute atomic E-state index is 0.00965. The number of para-hydroxylation sites is 1. The lowest BCUT2D eigenvalue weighted by Crippen LogP contribution is -2.22. The predicted molar refractivity (Wildman–Crippen MR) is 129 cm³/mol. The summed E-state index contributed by atoms with van der Waals surface area (Å²) in [6, 6.07) is 19.0. The molecule has 2 N–H and O–H groups in total. The van der Waals surface area contributed by atoms with E-state index in [2.05, 4.69) is 29.7 Å². The van der Waals surface area contributed by atoms with Crippen molar-refractivity contribution in [1.29, 1.82) is 0 Å². The summed E-state index contributed by atoms with van der Waals surface area (Å²) >= 11 is 6.22. The van der Waals surface area contributed by atoms with Gasteiger partial charge in [0, 0.05) is 16.5 Å². The second kappa shape index (κ2) is 8.44. The number of hydrogen-bond acceptors (Lipinski definition) is 3. The van der Waals surface area contributed by atoms with E-state index in [9.17, 15) is 9.59 Å². The van der Waals surface area contributed by atoms with Crippen molar-refractivity contribution in [2.75, 3.05) is 10.6 Å². The number of benzene rings is 3. The molecule has 5 rings (SSSR count). The van der Waals surface area contributed by atoms with Gasteiger partial charge in [0.15, 0.2) is 5.78 Å². The lowest BCUT2D eigenvalue weighted by atomic mass is 9.75. The molecule has 0 bridgehead atoms. The van der Waals surface area contributed by atoms with Gasteiger partial charge in [0.05, 0.1) is 22.6 Å². The molecule has 0 radical (unpaired) electrons. The zero-order valence-electron chi connectivity index (χ0n) is 18.0. The smallest absolute Gasteiger partial charge is 0.257 e. The Hall–Kier alpha value is -3.11. The number of nitrogens with one attached hydrogen (secondary N) is 2. The van der Waals surface area contributed by atoms with E-state index in [-0.39, 0.29) is 17.6 Å². The fraction of sp³-hybridized carbons (Fsp3) is 0.259. The molecule has 0 unspecified atom stereocenters. The van der Waals surface area contributed by atoms with Crippen molar-refractivity contribution in [3.8, 4) is 0 Å². The molecule has 162 valence electrons. The van der Waals surface area contributed by atoms with Crippen molar-refractivity contribution in [3.63, 3.8) is 0 Å². The Bertz CT molecular complexity index is 1210. The topological polar surface area (TPSA) is 58.2 Å². The molecule has 4 nitrogen and oxygen atoms in total. The molecular weight excluding hydrogens is 420 g/mol. The molecule has 5 heteroatoms. The zero-order valence-corrected chi connectivity index (χ0v) is 18.7. The van der Waals surface area contributed by atoms with Crippen molar-refractivity contribution < 1.29 is 9.59 Å². The number of halogens is 1. The van der Waals surface area contributed by atoms with Crippen LogP contribution in [0.3, 0.4) is 0 Å². The molecule has 0 aromatic heterocycles. The van der Waals surface area contributed by atoms with Crippen LogP contribution in [0.15, 0.2) is 60.7 Å². The van der Waals surface area contributed by atoms with E-state index in [4.69, 9.17) is 11.6 Å². The van der Waals surface area contributed by atoms with E-state index < -0.39 is 0 Å². The molecule has 1 saturated carbocycles. The Morgan fingerprint density at radius 1 is 0.875 bits per heavy atom. The SMILES string of the molecule is Cc1ccc(Cl)cc1C1CCC(C(=O)c2ccc3c(c2)NC(=O)c2ccccc2N3)CC1. The Balaban J connectivity index is 1.32. The molecule has 0 spiro atoms. The van der Waals surface area contributed by atoms with Crippen LogP contribution >= 0.6 is 11.6 Å². The average molecular weight is 445 g/mol. The number of aryl methyl sites for hydroxylation is 1. The Kier molecular flexibility index (Phi) is 5.48. The highest BCUT2D eigenvalue weighted by Gasteiger charge is 2.29. The molecule has 3 aromatic rings. The van der Waals surface area contributed by atoms with Crippen LogP contribution in [0.2, 0.25) is 5.02 Å². The van der Waals surface area contributed by atoms with Crippen LogP contribution in [0.4, 0.5) is 17.1 Å². The number of anilines is 3. The monoisotopic (exact) mass is 444 g/mol. The Morgan fingerprint density at radius 2 is 1.66 bits per heavy atom. The van der Waals surface area contributed by atoms with Gasteiger partial charge in [-0.25, -0.2) is 0 Å². The number of amides is 1. The third-order valence-electron chi connectivity index (χ3n) is 6.77. The first-order chi connectivity index (χ1) is 15.5. The molecule has 1 fully saturated rings. The van der Waals surface area contributed by atoms with Crippen LogP contribution in [0, 0.1) is 12.8 Å². The minimum atomic E-state index is -0.172. The number of carbonyl (C=O) groups is 2. The summed E-state index contributed by atoms with van der Waals surface area (Å²) in [6.45, 7) is 2.12. The summed E-state index contributed by atoms with van der Waals surface area (Å²) in [4.78, 5) is 25.9. The standard InChI is InChI=1S/C27H25ClN2O2/c1-16-6-12-20(28)15-22(16)17-7-9-18(10-8-17)26(31)19-11-13-24-25(14-19)30-27(32)21-4-2-3-5-23(21)29-24/h2-6,11-15,17-18,29H,7-10H2,1H3,(H,30,32). The quantitative estimate of drug-likeness (QED) is 0.423. The lowest BCUT2D eigenvalue weighted by molar-refractivity contribution is 0.0883. The molecule has 0 saturated heterocycles. The molecule has 3 aromatic carbocycles. The summed E-state index contributed by atoms with van der Waals surface area (Å²) in [5.74, 6) is 0.445. The van der Waals surface area contributed by atoms with Crippen LogP contribution in [0.25, 0.3) is 0 Å². The maximum Gasteiger partial charge on any atom is 0.257 e. The molecule has 1 amide bonds. The van der Waals surface area contributed by atoms with Gasteiger partial charge in [-0.05, 0) is 92.1 Å². The van der Waals surface area contributed by atoms with Gasteiger partial charge in [0.25, 0.3) is 5.91 Å². The predicted octanol–water partition coefficient (Wildman–Crippen LogP) is 7.11. The third kappa shape index (κ3) is 3.91. The molecule has 2 aliphatic rings. The molecule has 0 atom stereocenters. The Labute approximate surface area is 193 Å². The first-order valence-electron chi connectivity index (χ1n) is 11.1. The van der Waals surface area contributed by atoms with E-state index >= 15 is 0 Å². The maximum absolute atomic E-state index is 13.3. The van der Waals surface area contributed by atoms with Crippen molar-refractivity contribution in [1.82, 2.24) is 0 Å². The van der Waals surface area contributed by atoms with Crippen LogP contribution in [-0.4, -0.2) is 11.7 Å². The van der Waals surface area contributed by atoms with E-state index in [1.165, 1.54) is 11.1 Å². The van der Waals surface area contributed by atoms with Gasteiger partial charge in [-0.2, -0.15) is 0 Å². The molecule has 32 heavy (non-hydrogen) atoms. The summed E-state index contributed by atoms with van der Waals surface area (Å²) in [5.41, 5.74) is 6.00. The molecule has 1 aliphatic heterocycles. The van der Waals surface area contributed by atoms with E-state index in [0.29, 0.717) is 22.7 Å². The maximum atomic E-state index is 13.3. The second-order valence-corrected chi connectivity index (χ2v) is 9.24. The largest absolute Gasteiger partial charge is 0.353 e. The highest BCUT2D eigenvalue weighted by atomic mass is 35.5. The average Bonchev–Trinajstić information content (AvgIpc) is 2.95. The van der Waals surface area contributed by atoms with Crippen molar-refractivity contribution in [3.05, 3.63) is 87.9 Å². The van der Waals surface area contributed by atoms with Crippen LogP contribution < -0.4 is 10.6 Å². The normalized spacial score (nSPS) is 19.8. The van der Waals surface area contributed by atoms with Gasteiger partial charge in [0.1, 0.15) is 0 Å². The molecule has 1 heterocycles. The fourth-order valence-electron chi connectivity index (χ4n) is 4.99. The first kappa shape index (κ1) is 20.8. The van der Waals surface area contributed by atoms with Gasteiger partial charge < -0.3 is 10.6 Å². The van der Waals surface area contributed by atoms with Crippen molar-refractivity contribution in [2.45, 2.75) is 38.5 Å². The van der Waals surface area contributed by atoms with E-state index in [0.717, 1.165) is 42.1 Å². The fourth-order valence-corrected chi connectivity index (χ4v) is 5.17. The minimum Gasteiger partial charge on any atom is -0.353 e. The summed E-state index contributed by atoms with van der Waals surface area (Å²) in [7, 11) is 0.